The van der Waals surface area contributed by atoms with Gasteiger partial charge >= 0.3 is 0 Å². The molecule has 0 saturated heterocycles. The first-order chi connectivity index (χ1) is 8.66. The van der Waals surface area contributed by atoms with Crippen molar-refractivity contribution in [1.29, 1.82) is 0 Å². The van der Waals surface area contributed by atoms with E-state index in [1.807, 2.05) is 13.0 Å². The molecule has 1 aliphatic carbocycles. The van der Waals surface area contributed by atoms with Crippen molar-refractivity contribution in [3.63, 3.8) is 0 Å². The Morgan fingerprint density at radius 1 is 1.39 bits per heavy atom. The molecule has 1 fully saturated rings. The summed E-state index contributed by atoms with van der Waals surface area (Å²) in [6, 6.07) is 6.42. The van der Waals surface area contributed by atoms with Crippen molar-refractivity contribution in [2.24, 2.45) is 11.7 Å². The molecule has 0 aromatic heterocycles. The molecule has 2 atom stereocenters. The van der Waals surface area contributed by atoms with Crippen LogP contribution in [0.4, 0.5) is 4.39 Å². The zero-order valence-electron chi connectivity index (χ0n) is 10.9. The molecule has 0 bridgehead atoms. The molecular weight excluding hydrogens is 229 g/mol. The summed E-state index contributed by atoms with van der Waals surface area (Å²) in [5.74, 6) is 0.419. The van der Waals surface area contributed by atoms with Crippen LogP contribution < -0.4 is 5.73 Å². The Morgan fingerprint density at radius 2 is 2.11 bits per heavy atom. The van der Waals surface area contributed by atoms with Crippen molar-refractivity contribution < 1.29 is 9.13 Å². The SMILES string of the molecule is CC(N)C(OCC1CCCC1)c1cccc(F)c1. The summed E-state index contributed by atoms with van der Waals surface area (Å²) in [7, 11) is 0. The predicted molar refractivity (Wildman–Crippen MR) is 70.7 cm³/mol. The molecular formula is C15H22FNO. The molecule has 1 aromatic rings. The lowest BCUT2D eigenvalue weighted by Gasteiger charge is -2.23. The lowest BCUT2D eigenvalue weighted by Crippen LogP contribution is -2.28. The third kappa shape index (κ3) is 3.53. The minimum atomic E-state index is -0.234. The zero-order chi connectivity index (χ0) is 13.0. The summed E-state index contributed by atoms with van der Waals surface area (Å²) in [6.45, 7) is 2.65. The topological polar surface area (TPSA) is 35.2 Å². The quantitative estimate of drug-likeness (QED) is 0.870. The van der Waals surface area contributed by atoms with Gasteiger partial charge in [0.2, 0.25) is 0 Å². The van der Waals surface area contributed by atoms with E-state index in [0.717, 1.165) is 12.2 Å². The number of benzene rings is 1. The summed E-state index contributed by atoms with van der Waals surface area (Å²) in [6.07, 6.45) is 4.89. The van der Waals surface area contributed by atoms with Gasteiger partial charge in [0.1, 0.15) is 5.82 Å². The molecule has 1 aromatic carbocycles. The highest BCUT2D eigenvalue weighted by atomic mass is 19.1. The van der Waals surface area contributed by atoms with E-state index in [1.54, 1.807) is 6.07 Å². The monoisotopic (exact) mass is 251 g/mol. The fourth-order valence-electron chi connectivity index (χ4n) is 2.65. The van der Waals surface area contributed by atoms with Crippen molar-refractivity contribution in [3.8, 4) is 0 Å². The van der Waals surface area contributed by atoms with E-state index in [2.05, 4.69) is 0 Å². The molecule has 2 N–H and O–H groups in total. The highest BCUT2D eigenvalue weighted by molar-refractivity contribution is 5.20. The summed E-state index contributed by atoms with van der Waals surface area (Å²) in [5.41, 5.74) is 6.79. The fourth-order valence-corrected chi connectivity index (χ4v) is 2.65. The first-order valence-corrected chi connectivity index (χ1v) is 6.79. The molecule has 0 radical (unpaired) electrons. The van der Waals surface area contributed by atoms with Crippen LogP contribution in [0.3, 0.4) is 0 Å². The molecule has 100 valence electrons. The van der Waals surface area contributed by atoms with Crippen LogP contribution in [0.5, 0.6) is 0 Å². The summed E-state index contributed by atoms with van der Waals surface area (Å²) >= 11 is 0. The first kappa shape index (κ1) is 13.5. The molecule has 18 heavy (non-hydrogen) atoms. The van der Waals surface area contributed by atoms with Crippen LogP contribution in [0.2, 0.25) is 0 Å². The van der Waals surface area contributed by atoms with Gasteiger partial charge in [-0.1, -0.05) is 25.0 Å². The van der Waals surface area contributed by atoms with Crippen LogP contribution in [0, 0.1) is 11.7 Å². The standard InChI is InChI=1S/C15H22FNO/c1-11(17)15(13-7-4-8-14(16)9-13)18-10-12-5-2-3-6-12/h4,7-9,11-12,15H,2-3,5-6,10,17H2,1H3. The molecule has 0 heterocycles. The van der Waals surface area contributed by atoms with E-state index in [1.165, 1.54) is 37.8 Å². The van der Waals surface area contributed by atoms with Gasteiger partial charge in [-0.25, -0.2) is 4.39 Å². The van der Waals surface area contributed by atoms with E-state index in [0.29, 0.717) is 5.92 Å². The number of halogens is 1. The molecule has 2 rings (SSSR count). The van der Waals surface area contributed by atoms with Gasteiger partial charge in [-0.2, -0.15) is 0 Å². The molecule has 1 saturated carbocycles. The Balaban J connectivity index is 1.99. The van der Waals surface area contributed by atoms with Crippen molar-refractivity contribution in [1.82, 2.24) is 0 Å². The Hall–Kier alpha value is -0.930. The number of rotatable bonds is 5. The van der Waals surface area contributed by atoms with Crippen molar-refractivity contribution in [2.75, 3.05) is 6.61 Å². The van der Waals surface area contributed by atoms with Crippen LogP contribution in [0.15, 0.2) is 24.3 Å². The molecule has 0 amide bonds. The zero-order valence-corrected chi connectivity index (χ0v) is 10.9. The lowest BCUT2D eigenvalue weighted by atomic mass is 10.0. The van der Waals surface area contributed by atoms with Crippen molar-refractivity contribution >= 4 is 0 Å². The van der Waals surface area contributed by atoms with E-state index < -0.39 is 0 Å². The van der Waals surface area contributed by atoms with Gasteiger partial charge in [0.05, 0.1) is 12.7 Å². The normalized spacial score (nSPS) is 19.9. The number of hydrogen-bond acceptors (Lipinski definition) is 2. The van der Waals surface area contributed by atoms with Gasteiger partial charge in [0, 0.05) is 6.04 Å². The van der Waals surface area contributed by atoms with Crippen LogP contribution in [-0.2, 0) is 4.74 Å². The highest BCUT2D eigenvalue weighted by Gasteiger charge is 2.21. The average Bonchev–Trinajstić information content (AvgIpc) is 2.82. The van der Waals surface area contributed by atoms with E-state index >= 15 is 0 Å². The Morgan fingerprint density at radius 3 is 2.72 bits per heavy atom. The van der Waals surface area contributed by atoms with Gasteiger partial charge < -0.3 is 10.5 Å². The van der Waals surface area contributed by atoms with E-state index in [-0.39, 0.29) is 18.0 Å². The Kier molecular flexibility index (Phi) is 4.72. The average molecular weight is 251 g/mol. The third-order valence-corrected chi connectivity index (χ3v) is 3.64. The van der Waals surface area contributed by atoms with Crippen LogP contribution in [0.1, 0.15) is 44.3 Å². The van der Waals surface area contributed by atoms with Gasteiger partial charge in [-0.3, -0.25) is 0 Å². The Labute approximate surface area is 108 Å². The fraction of sp³-hybridized carbons (Fsp3) is 0.600. The Bertz CT molecular complexity index is 375. The number of hydrogen-bond donors (Lipinski definition) is 1. The maximum absolute atomic E-state index is 13.2. The number of ether oxygens (including phenoxy) is 1. The molecule has 2 nitrogen and oxygen atoms in total. The minimum Gasteiger partial charge on any atom is -0.372 e. The lowest BCUT2D eigenvalue weighted by molar-refractivity contribution is 0.0167. The molecule has 2 unspecified atom stereocenters. The van der Waals surface area contributed by atoms with Gasteiger partial charge in [0.15, 0.2) is 0 Å². The summed E-state index contributed by atoms with van der Waals surface area (Å²) < 4.78 is 19.2. The van der Waals surface area contributed by atoms with E-state index in [9.17, 15) is 4.39 Å². The van der Waals surface area contributed by atoms with Crippen LogP contribution >= 0.6 is 0 Å². The minimum absolute atomic E-state index is 0.131. The van der Waals surface area contributed by atoms with Gasteiger partial charge in [-0.15, -0.1) is 0 Å². The third-order valence-electron chi connectivity index (χ3n) is 3.64. The largest absolute Gasteiger partial charge is 0.372 e. The smallest absolute Gasteiger partial charge is 0.123 e. The van der Waals surface area contributed by atoms with Crippen molar-refractivity contribution in [3.05, 3.63) is 35.6 Å². The van der Waals surface area contributed by atoms with Crippen LogP contribution in [0.25, 0.3) is 0 Å². The maximum atomic E-state index is 13.2. The van der Waals surface area contributed by atoms with E-state index in [4.69, 9.17) is 10.5 Å². The summed E-state index contributed by atoms with van der Waals surface area (Å²) in [4.78, 5) is 0. The number of nitrogens with two attached hydrogens (primary N) is 1. The molecule has 3 heteroatoms. The molecule has 0 aliphatic heterocycles. The highest BCUT2D eigenvalue weighted by Crippen LogP contribution is 2.28. The molecule has 1 aliphatic rings. The summed E-state index contributed by atoms with van der Waals surface area (Å²) in [5, 5.41) is 0. The predicted octanol–water partition coefficient (Wildman–Crippen LogP) is 3.42. The van der Waals surface area contributed by atoms with Gasteiger partial charge in [0.25, 0.3) is 0 Å². The second-order valence-electron chi connectivity index (χ2n) is 5.32. The second kappa shape index (κ2) is 6.30. The van der Waals surface area contributed by atoms with Crippen LogP contribution in [-0.4, -0.2) is 12.6 Å². The first-order valence-electron chi connectivity index (χ1n) is 6.79. The molecule has 0 spiro atoms. The van der Waals surface area contributed by atoms with Gasteiger partial charge in [-0.05, 0) is 43.4 Å². The second-order valence-corrected chi connectivity index (χ2v) is 5.32. The van der Waals surface area contributed by atoms with Crippen molar-refractivity contribution in [2.45, 2.75) is 44.8 Å². The maximum Gasteiger partial charge on any atom is 0.123 e.